The molecule has 0 N–H and O–H groups in total. The fourth-order valence-electron chi connectivity index (χ4n) is 3.11. The molecule has 2 aromatic carbocycles. The first kappa shape index (κ1) is 21.2. The van der Waals surface area contributed by atoms with Crippen molar-refractivity contribution in [3.8, 4) is 17.6 Å². The highest BCUT2D eigenvalue weighted by atomic mass is 32.3. The molecule has 0 heterocycles. The summed E-state index contributed by atoms with van der Waals surface area (Å²) in [6.07, 6.45) is 3.49. The Morgan fingerprint density at radius 2 is 1.55 bits per heavy atom. The molecule has 8 heteroatoms. The van der Waals surface area contributed by atoms with E-state index in [-0.39, 0.29) is 11.6 Å². The lowest BCUT2D eigenvalue weighted by Crippen LogP contribution is -2.36. The number of nitrogens with zero attached hydrogens (tertiary/aromatic N) is 1. The van der Waals surface area contributed by atoms with E-state index in [2.05, 4.69) is 11.8 Å². The SMILES string of the molecule is COc1cc(N(S(C)(=O)=O)S(C)(=O)=O)c(C2CC2)cc1C#Cc1ccc(C)cc1. The standard InChI is InChI=1S/C21H23NO5S2/c1-15-5-7-16(8-6-15)9-10-18-13-19(17-11-12-17)20(14-21(18)27-2)22(28(3,23)24)29(4,25)26/h5-8,13-14,17H,11-12H2,1-4H3. The van der Waals surface area contributed by atoms with Crippen LogP contribution in [0, 0.1) is 18.8 Å². The van der Waals surface area contributed by atoms with Crippen molar-refractivity contribution in [2.75, 3.05) is 23.3 Å². The zero-order valence-corrected chi connectivity index (χ0v) is 18.4. The molecule has 0 spiro atoms. The highest BCUT2D eigenvalue weighted by molar-refractivity contribution is 8.09. The highest BCUT2D eigenvalue weighted by Crippen LogP contribution is 2.47. The summed E-state index contributed by atoms with van der Waals surface area (Å²) in [5.74, 6) is 6.57. The molecule has 3 rings (SSSR count). The lowest BCUT2D eigenvalue weighted by Gasteiger charge is -2.23. The number of sulfonamides is 2. The van der Waals surface area contributed by atoms with Crippen molar-refractivity contribution in [2.24, 2.45) is 0 Å². The summed E-state index contributed by atoms with van der Waals surface area (Å²) in [6.45, 7) is 2.00. The van der Waals surface area contributed by atoms with Crippen LogP contribution in [-0.4, -0.2) is 36.5 Å². The van der Waals surface area contributed by atoms with Crippen LogP contribution < -0.4 is 8.45 Å². The Hall–Kier alpha value is -2.50. The first-order chi connectivity index (χ1) is 13.5. The minimum absolute atomic E-state index is 0.0989. The van der Waals surface area contributed by atoms with Crippen LogP contribution in [0.15, 0.2) is 36.4 Å². The van der Waals surface area contributed by atoms with Crippen molar-refractivity contribution in [2.45, 2.75) is 25.7 Å². The Balaban J connectivity index is 2.17. The van der Waals surface area contributed by atoms with E-state index >= 15 is 0 Å². The third-order valence-electron chi connectivity index (χ3n) is 4.56. The summed E-state index contributed by atoms with van der Waals surface area (Å²) in [4.78, 5) is 0. The molecule has 154 valence electrons. The minimum Gasteiger partial charge on any atom is -0.495 e. The lowest BCUT2D eigenvalue weighted by atomic mass is 10.0. The number of rotatable bonds is 5. The average Bonchev–Trinajstić information content (AvgIpc) is 3.44. The van der Waals surface area contributed by atoms with Gasteiger partial charge in [0, 0.05) is 11.6 Å². The maximum absolute atomic E-state index is 12.3. The Bertz CT molecular complexity index is 1170. The summed E-state index contributed by atoms with van der Waals surface area (Å²) < 4.78 is 55.0. The van der Waals surface area contributed by atoms with E-state index in [1.807, 2.05) is 31.2 Å². The molecule has 0 aromatic heterocycles. The topological polar surface area (TPSA) is 80.8 Å². The molecule has 0 radical (unpaired) electrons. The predicted molar refractivity (Wildman–Crippen MR) is 114 cm³/mol. The van der Waals surface area contributed by atoms with Crippen molar-refractivity contribution < 1.29 is 21.6 Å². The van der Waals surface area contributed by atoms with Gasteiger partial charge >= 0.3 is 0 Å². The molecule has 0 amide bonds. The molecule has 29 heavy (non-hydrogen) atoms. The van der Waals surface area contributed by atoms with Gasteiger partial charge in [-0.1, -0.05) is 29.5 Å². The molecule has 1 saturated carbocycles. The smallest absolute Gasteiger partial charge is 0.245 e. The Morgan fingerprint density at radius 3 is 2.03 bits per heavy atom. The van der Waals surface area contributed by atoms with Gasteiger partial charge in [-0.25, -0.2) is 16.8 Å². The minimum atomic E-state index is -4.05. The van der Waals surface area contributed by atoms with E-state index in [1.54, 1.807) is 6.07 Å². The van der Waals surface area contributed by atoms with Gasteiger partial charge in [0.2, 0.25) is 20.0 Å². The van der Waals surface area contributed by atoms with E-state index in [4.69, 9.17) is 4.74 Å². The Kier molecular flexibility index (Phi) is 5.65. The predicted octanol–water partition coefficient (Wildman–Crippen LogP) is 3.01. The summed E-state index contributed by atoms with van der Waals surface area (Å²) >= 11 is 0. The number of aryl methyl sites for hydroxylation is 1. The Labute approximate surface area is 172 Å². The van der Waals surface area contributed by atoms with E-state index in [1.165, 1.54) is 13.2 Å². The normalized spacial score (nSPS) is 14.1. The number of methoxy groups -OCH3 is 1. The fourth-order valence-corrected chi connectivity index (χ4v) is 6.11. The van der Waals surface area contributed by atoms with E-state index in [0.29, 0.717) is 20.6 Å². The molecule has 0 aliphatic heterocycles. The van der Waals surface area contributed by atoms with Gasteiger partial charge in [0.15, 0.2) is 0 Å². The van der Waals surface area contributed by atoms with Crippen molar-refractivity contribution >= 4 is 25.7 Å². The Morgan fingerprint density at radius 1 is 0.966 bits per heavy atom. The highest BCUT2D eigenvalue weighted by Gasteiger charge is 2.35. The van der Waals surface area contributed by atoms with E-state index in [9.17, 15) is 16.8 Å². The van der Waals surface area contributed by atoms with E-state index < -0.39 is 20.0 Å². The van der Waals surface area contributed by atoms with Crippen LogP contribution in [0.3, 0.4) is 0 Å². The third-order valence-corrected chi connectivity index (χ3v) is 7.78. The van der Waals surface area contributed by atoms with Gasteiger partial charge in [0.1, 0.15) is 5.75 Å². The number of anilines is 1. The summed E-state index contributed by atoms with van der Waals surface area (Å²) in [6, 6.07) is 11.0. The molecular formula is C21H23NO5S2. The van der Waals surface area contributed by atoms with Crippen molar-refractivity contribution in [1.29, 1.82) is 0 Å². The summed E-state index contributed by atoms with van der Waals surface area (Å²) in [5, 5.41) is 0. The van der Waals surface area contributed by atoms with Crippen LogP contribution in [0.5, 0.6) is 5.75 Å². The second-order valence-electron chi connectivity index (χ2n) is 7.22. The van der Waals surface area contributed by atoms with Gasteiger partial charge in [-0.15, -0.1) is 0 Å². The molecule has 0 unspecified atom stereocenters. The number of ether oxygens (including phenoxy) is 1. The van der Waals surface area contributed by atoms with Crippen molar-refractivity contribution in [3.05, 3.63) is 58.7 Å². The van der Waals surface area contributed by atoms with Crippen LogP contribution >= 0.6 is 0 Å². The number of hydrogen-bond acceptors (Lipinski definition) is 5. The zero-order chi connectivity index (χ0) is 21.4. The summed E-state index contributed by atoms with van der Waals surface area (Å²) in [7, 11) is -6.65. The average molecular weight is 434 g/mol. The molecule has 1 fully saturated rings. The first-order valence-electron chi connectivity index (χ1n) is 9.02. The van der Waals surface area contributed by atoms with Crippen LogP contribution in [0.1, 0.15) is 41.0 Å². The zero-order valence-electron chi connectivity index (χ0n) is 16.8. The van der Waals surface area contributed by atoms with Crippen molar-refractivity contribution in [3.63, 3.8) is 0 Å². The quantitative estimate of drug-likeness (QED) is 0.677. The molecule has 2 aromatic rings. The molecule has 6 nitrogen and oxygen atoms in total. The fraction of sp³-hybridized carbons (Fsp3) is 0.333. The van der Waals surface area contributed by atoms with Gasteiger partial charge in [0.05, 0.1) is 30.9 Å². The first-order valence-corrected chi connectivity index (χ1v) is 12.7. The van der Waals surface area contributed by atoms with Crippen LogP contribution in [0.2, 0.25) is 0 Å². The van der Waals surface area contributed by atoms with Crippen LogP contribution in [0.25, 0.3) is 0 Å². The third kappa shape index (κ3) is 4.92. The maximum atomic E-state index is 12.3. The second-order valence-corrected chi connectivity index (χ2v) is 11.1. The summed E-state index contributed by atoms with van der Waals surface area (Å²) in [5.41, 5.74) is 3.31. The molecule has 0 bridgehead atoms. The van der Waals surface area contributed by atoms with Gasteiger partial charge in [-0.2, -0.15) is 3.71 Å². The molecule has 1 aliphatic carbocycles. The van der Waals surface area contributed by atoms with Gasteiger partial charge in [-0.3, -0.25) is 0 Å². The molecule has 0 atom stereocenters. The number of hydrogen-bond donors (Lipinski definition) is 0. The maximum Gasteiger partial charge on any atom is 0.245 e. The van der Waals surface area contributed by atoms with Crippen LogP contribution in [-0.2, 0) is 20.0 Å². The van der Waals surface area contributed by atoms with Gasteiger partial charge in [-0.05, 0) is 49.4 Å². The molecule has 0 saturated heterocycles. The van der Waals surface area contributed by atoms with E-state index in [0.717, 1.165) is 36.5 Å². The van der Waals surface area contributed by atoms with Crippen LogP contribution in [0.4, 0.5) is 5.69 Å². The van der Waals surface area contributed by atoms with Crippen molar-refractivity contribution in [1.82, 2.24) is 0 Å². The lowest BCUT2D eigenvalue weighted by molar-refractivity contribution is 0.413. The monoisotopic (exact) mass is 433 g/mol. The molecular weight excluding hydrogens is 410 g/mol. The largest absolute Gasteiger partial charge is 0.495 e. The number of benzene rings is 2. The second kappa shape index (κ2) is 7.73. The van der Waals surface area contributed by atoms with Gasteiger partial charge in [0.25, 0.3) is 0 Å². The molecule has 1 aliphatic rings. The van der Waals surface area contributed by atoms with Gasteiger partial charge < -0.3 is 4.74 Å².